The van der Waals surface area contributed by atoms with E-state index in [-0.39, 0.29) is 0 Å². The van der Waals surface area contributed by atoms with Crippen molar-refractivity contribution in [2.75, 3.05) is 5.32 Å². The standard InChI is InChI=1S/C13H23N3/c1-10(2)6-5-7-11(3)16-13-12(4)14-8-9-15-13/h8-11H,5-7H2,1-4H3,(H,15,16). The number of aryl methyl sites for hydroxylation is 1. The van der Waals surface area contributed by atoms with E-state index in [2.05, 4.69) is 36.1 Å². The summed E-state index contributed by atoms with van der Waals surface area (Å²) >= 11 is 0. The minimum atomic E-state index is 0.467. The van der Waals surface area contributed by atoms with Crippen molar-refractivity contribution >= 4 is 5.82 Å². The average Bonchev–Trinajstić information content (AvgIpc) is 2.21. The molecule has 0 aromatic carbocycles. The van der Waals surface area contributed by atoms with E-state index in [1.54, 1.807) is 12.4 Å². The fraction of sp³-hybridized carbons (Fsp3) is 0.692. The van der Waals surface area contributed by atoms with Crippen LogP contribution in [0.1, 0.15) is 45.7 Å². The highest BCUT2D eigenvalue weighted by molar-refractivity contribution is 5.39. The highest BCUT2D eigenvalue weighted by Gasteiger charge is 2.05. The zero-order chi connectivity index (χ0) is 12.0. The van der Waals surface area contributed by atoms with Gasteiger partial charge in [-0.3, -0.25) is 4.98 Å². The second-order valence-electron chi connectivity index (χ2n) is 4.86. The molecule has 1 aromatic rings. The van der Waals surface area contributed by atoms with Crippen LogP contribution in [0, 0.1) is 12.8 Å². The van der Waals surface area contributed by atoms with Crippen LogP contribution in [0.3, 0.4) is 0 Å². The first-order valence-corrected chi connectivity index (χ1v) is 6.13. The highest BCUT2D eigenvalue weighted by Crippen LogP contribution is 2.13. The molecule has 0 radical (unpaired) electrons. The molecule has 0 fully saturated rings. The minimum absolute atomic E-state index is 0.467. The van der Waals surface area contributed by atoms with Crippen LogP contribution in [-0.4, -0.2) is 16.0 Å². The third-order valence-corrected chi connectivity index (χ3v) is 2.68. The van der Waals surface area contributed by atoms with Gasteiger partial charge >= 0.3 is 0 Å². The maximum Gasteiger partial charge on any atom is 0.147 e. The lowest BCUT2D eigenvalue weighted by Crippen LogP contribution is -2.17. The molecule has 1 atom stereocenters. The summed E-state index contributed by atoms with van der Waals surface area (Å²) < 4.78 is 0. The van der Waals surface area contributed by atoms with Gasteiger partial charge in [-0.05, 0) is 26.2 Å². The first-order valence-electron chi connectivity index (χ1n) is 6.13. The van der Waals surface area contributed by atoms with Gasteiger partial charge in [0.2, 0.25) is 0 Å². The number of hydrogen-bond acceptors (Lipinski definition) is 3. The van der Waals surface area contributed by atoms with Crippen LogP contribution >= 0.6 is 0 Å². The van der Waals surface area contributed by atoms with Crippen LogP contribution < -0.4 is 5.32 Å². The molecule has 3 nitrogen and oxygen atoms in total. The van der Waals surface area contributed by atoms with Crippen molar-refractivity contribution in [1.82, 2.24) is 9.97 Å². The molecular formula is C13H23N3. The van der Waals surface area contributed by atoms with Gasteiger partial charge in [0.15, 0.2) is 0 Å². The Morgan fingerprint density at radius 1 is 1.12 bits per heavy atom. The van der Waals surface area contributed by atoms with Gasteiger partial charge in [0.1, 0.15) is 5.82 Å². The smallest absolute Gasteiger partial charge is 0.147 e. The zero-order valence-electron chi connectivity index (χ0n) is 10.8. The Kier molecular flexibility index (Phi) is 5.23. The molecule has 0 aliphatic carbocycles. The molecule has 1 aromatic heterocycles. The topological polar surface area (TPSA) is 37.8 Å². The lowest BCUT2D eigenvalue weighted by atomic mass is 10.0. The first kappa shape index (κ1) is 12.9. The normalized spacial score (nSPS) is 12.8. The fourth-order valence-corrected chi connectivity index (χ4v) is 1.69. The van der Waals surface area contributed by atoms with Crippen molar-refractivity contribution in [2.24, 2.45) is 5.92 Å². The van der Waals surface area contributed by atoms with E-state index in [1.807, 2.05) is 6.92 Å². The van der Waals surface area contributed by atoms with Gasteiger partial charge in [0.05, 0.1) is 5.69 Å². The molecule has 0 amide bonds. The van der Waals surface area contributed by atoms with E-state index in [0.717, 1.165) is 17.4 Å². The fourth-order valence-electron chi connectivity index (χ4n) is 1.69. The Morgan fingerprint density at radius 2 is 1.81 bits per heavy atom. The van der Waals surface area contributed by atoms with Crippen molar-refractivity contribution in [2.45, 2.75) is 53.0 Å². The maximum absolute atomic E-state index is 4.29. The Balaban J connectivity index is 2.34. The summed E-state index contributed by atoms with van der Waals surface area (Å²) in [6, 6.07) is 0.467. The Morgan fingerprint density at radius 3 is 2.44 bits per heavy atom. The predicted octanol–water partition coefficient (Wildman–Crippen LogP) is 3.41. The van der Waals surface area contributed by atoms with Gasteiger partial charge in [0.25, 0.3) is 0 Å². The van der Waals surface area contributed by atoms with E-state index in [1.165, 1.54) is 19.3 Å². The lowest BCUT2D eigenvalue weighted by Gasteiger charge is -2.15. The second-order valence-corrected chi connectivity index (χ2v) is 4.86. The van der Waals surface area contributed by atoms with Gasteiger partial charge in [0, 0.05) is 18.4 Å². The molecule has 0 saturated carbocycles. The molecule has 3 heteroatoms. The molecule has 0 aliphatic rings. The molecule has 1 N–H and O–H groups in total. The summed E-state index contributed by atoms with van der Waals surface area (Å²) in [5.41, 5.74) is 0.971. The van der Waals surface area contributed by atoms with E-state index in [4.69, 9.17) is 0 Å². The van der Waals surface area contributed by atoms with Crippen LogP contribution in [0.5, 0.6) is 0 Å². The number of hydrogen-bond donors (Lipinski definition) is 1. The van der Waals surface area contributed by atoms with Crippen molar-refractivity contribution in [3.05, 3.63) is 18.1 Å². The summed E-state index contributed by atoms with van der Waals surface area (Å²) in [7, 11) is 0. The first-order chi connectivity index (χ1) is 7.59. The highest BCUT2D eigenvalue weighted by atomic mass is 15.0. The number of aromatic nitrogens is 2. The molecular weight excluding hydrogens is 198 g/mol. The Labute approximate surface area is 98.7 Å². The van der Waals surface area contributed by atoms with Crippen molar-refractivity contribution in [3.63, 3.8) is 0 Å². The van der Waals surface area contributed by atoms with Crippen molar-refractivity contribution in [1.29, 1.82) is 0 Å². The van der Waals surface area contributed by atoms with Gasteiger partial charge in [-0.1, -0.05) is 26.7 Å². The molecule has 0 saturated heterocycles. The summed E-state index contributed by atoms with van der Waals surface area (Å²) in [6.07, 6.45) is 7.21. The average molecular weight is 221 g/mol. The van der Waals surface area contributed by atoms with E-state index >= 15 is 0 Å². The zero-order valence-corrected chi connectivity index (χ0v) is 10.8. The quantitative estimate of drug-likeness (QED) is 0.800. The number of rotatable bonds is 6. The molecule has 0 bridgehead atoms. The van der Waals surface area contributed by atoms with E-state index < -0.39 is 0 Å². The third kappa shape index (κ3) is 4.60. The van der Waals surface area contributed by atoms with E-state index in [9.17, 15) is 0 Å². The monoisotopic (exact) mass is 221 g/mol. The van der Waals surface area contributed by atoms with E-state index in [0.29, 0.717) is 6.04 Å². The van der Waals surface area contributed by atoms with Crippen molar-refractivity contribution < 1.29 is 0 Å². The summed E-state index contributed by atoms with van der Waals surface area (Å²) in [4.78, 5) is 8.50. The molecule has 90 valence electrons. The SMILES string of the molecule is Cc1nccnc1NC(C)CCCC(C)C. The summed E-state index contributed by atoms with van der Waals surface area (Å²) in [6.45, 7) is 8.72. The largest absolute Gasteiger partial charge is 0.366 e. The summed E-state index contributed by atoms with van der Waals surface area (Å²) in [5.74, 6) is 1.71. The Bertz CT molecular complexity index is 310. The molecule has 16 heavy (non-hydrogen) atoms. The third-order valence-electron chi connectivity index (χ3n) is 2.68. The number of nitrogens with one attached hydrogen (secondary N) is 1. The molecule has 0 spiro atoms. The second kappa shape index (κ2) is 6.46. The lowest BCUT2D eigenvalue weighted by molar-refractivity contribution is 0.520. The molecule has 1 heterocycles. The van der Waals surface area contributed by atoms with Gasteiger partial charge in [-0.2, -0.15) is 0 Å². The molecule has 0 aliphatic heterocycles. The predicted molar refractivity (Wildman–Crippen MR) is 68.5 cm³/mol. The van der Waals surface area contributed by atoms with Crippen LogP contribution in [0.15, 0.2) is 12.4 Å². The van der Waals surface area contributed by atoms with Gasteiger partial charge in [-0.25, -0.2) is 4.98 Å². The van der Waals surface area contributed by atoms with Crippen LogP contribution in [0.2, 0.25) is 0 Å². The van der Waals surface area contributed by atoms with Crippen LogP contribution in [0.4, 0.5) is 5.82 Å². The van der Waals surface area contributed by atoms with Gasteiger partial charge in [-0.15, -0.1) is 0 Å². The number of nitrogens with zero attached hydrogens (tertiary/aromatic N) is 2. The summed E-state index contributed by atoms with van der Waals surface area (Å²) in [5, 5.41) is 3.41. The Hall–Kier alpha value is -1.12. The van der Waals surface area contributed by atoms with Crippen molar-refractivity contribution in [3.8, 4) is 0 Å². The molecule has 1 rings (SSSR count). The van der Waals surface area contributed by atoms with Crippen LogP contribution in [-0.2, 0) is 0 Å². The molecule has 1 unspecified atom stereocenters. The maximum atomic E-state index is 4.29. The number of anilines is 1. The minimum Gasteiger partial charge on any atom is -0.366 e. The van der Waals surface area contributed by atoms with Crippen LogP contribution in [0.25, 0.3) is 0 Å². The van der Waals surface area contributed by atoms with Gasteiger partial charge < -0.3 is 5.32 Å².